The van der Waals surface area contributed by atoms with Crippen LogP contribution in [0, 0.1) is 19.8 Å². The molecule has 0 spiro atoms. The van der Waals surface area contributed by atoms with Gasteiger partial charge >= 0.3 is 0 Å². The van der Waals surface area contributed by atoms with Crippen molar-refractivity contribution in [3.8, 4) is 0 Å². The van der Waals surface area contributed by atoms with E-state index in [1.54, 1.807) is 0 Å². The van der Waals surface area contributed by atoms with Gasteiger partial charge in [0.2, 0.25) is 0 Å². The molecule has 14 heavy (non-hydrogen) atoms. The van der Waals surface area contributed by atoms with Crippen LogP contribution in [-0.4, -0.2) is 16.1 Å². The summed E-state index contributed by atoms with van der Waals surface area (Å²) in [5, 5.41) is 2.21. The summed E-state index contributed by atoms with van der Waals surface area (Å²) in [6.45, 7) is 6.40. The minimum Gasteiger partial charge on any atom is -0.247 e. The van der Waals surface area contributed by atoms with Gasteiger partial charge in [-0.3, -0.25) is 0 Å². The standard InChI is InChI=1S/C11H16BrNS/c1-8-4-10(3)13-11(5-8)14-7-9(2)6-12/h4-5,9H,6-7H2,1-3H3. The van der Waals surface area contributed by atoms with Gasteiger partial charge in [0, 0.05) is 16.8 Å². The highest BCUT2D eigenvalue weighted by molar-refractivity contribution is 9.09. The molecule has 1 nitrogen and oxygen atoms in total. The summed E-state index contributed by atoms with van der Waals surface area (Å²) in [6, 6.07) is 4.26. The third-order valence-electron chi connectivity index (χ3n) is 1.85. The first kappa shape index (κ1) is 12.1. The van der Waals surface area contributed by atoms with Crippen LogP contribution in [0.15, 0.2) is 17.2 Å². The number of nitrogens with zero attached hydrogens (tertiary/aromatic N) is 1. The zero-order valence-corrected chi connectivity index (χ0v) is 11.3. The molecule has 0 radical (unpaired) electrons. The highest BCUT2D eigenvalue weighted by Crippen LogP contribution is 2.20. The fourth-order valence-corrected chi connectivity index (χ4v) is 2.73. The molecule has 0 amide bonds. The molecule has 1 unspecified atom stereocenters. The average molecular weight is 274 g/mol. The maximum absolute atomic E-state index is 4.49. The van der Waals surface area contributed by atoms with E-state index in [0.717, 1.165) is 21.8 Å². The van der Waals surface area contributed by atoms with E-state index in [1.807, 2.05) is 18.7 Å². The molecule has 3 heteroatoms. The van der Waals surface area contributed by atoms with Crippen LogP contribution in [0.1, 0.15) is 18.2 Å². The van der Waals surface area contributed by atoms with Gasteiger partial charge in [0.25, 0.3) is 0 Å². The molecule has 1 aromatic heterocycles. The van der Waals surface area contributed by atoms with Crippen molar-refractivity contribution >= 4 is 27.7 Å². The molecule has 0 fully saturated rings. The summed E-state index contributed by atoms with van der Waals surface area (Å²) in [4.78, 5) is 4.49. The van der Waals surface area contributed by atoms with Crippen LogP contribution in [0.25, 0.3) is 0 Å². The topological polar surface area (TPSA) is 12.9 Å². The molecule has 0 saturated carbocycles. The van der Waals surface area contributed by atoms with Crippen molar-refractivity contribution in [1.82, 2.24) is 4.98 Å². The molecule has 0 aromatic carbocycles. The molecule has 1 heterocycles. The number of aromatic nitrogens is 1. The van der Waals surface area contributed by atoms with Crippen molar-refractivity contribution in [3.05, 3.63) is 23.4 Å². The zero-order valence-electron chi connectivity index (χ0n) is 8.88. The van der Waals surface area contributed by atoms with Gasteiger partial charge in [0.05, 0.1) is 5.03 Å². The molecule has 1 rings (SSSR count). The number of rotatable bonds is 4. The van der Waals surface area contributed by atoms with Gasteiger partial charge in [0.15, 0.2) is 0 Å². The second kappa shape index (κ2) is 5.76. The Kier molecular flexibility index (Phi) is 4.96. The first-order valence-corrected chi connectivity index (χ1v) is 6.86. The van der Waals surface area contributed by atoms with Gasteiger partial charge in [-0.2, -0.15) is 0 Å². The summed E-state index contributed by atoms with van der Waals surface area (Å²) in [7, 11) is 0. The van der Waals surface area contributed by atoms with E-state index < -0.39 is 0 Å². The van der Waals surface area contributed by atoms with Gasteiger partial charge < -0.3 is 0 Å². The third-order valence-corrected chi connectivity index (χ3v) is 4.20. The van der Waals surface area contributed by atoms with Gasteiger partial charge in [-0.05, 0) is 37.5 Å². The molecule has 0 aliphatic carbocycles. The van der Waals surface area contributed by atoms with E-state index in [1.165, 1.54) is 5.56 Å². The molecule has 0 bridgehead atoms. The Balaban J connectivity index is 2.58. The minimum absolute atomic E-state index is 0.697. The summed E-state index contributed by atoms with van der Waals surface area (Å²) in [5.41, 5.74) is 2.41. The van der Waals surface area contributed by atoms with Crippen molar-refractivity contribution < 1.29 is 0 Å². The molecule has 1 atom stereocenters. The maximum atomic E-state index is 4.49. The van der Waals surface area contributed by atoms with E-state index in [4.69, 9.17) is 0 Å². The smallest absolute Gasteiger partial charge is 0.0965 e. The predicted molar refractivity (Wildman–Crippen MR) is 67.4 cm³/mol. The molecular weight excluding hydrogens is 258 g/mol. The lowest BCUT2D eigenvalue weighted by Gasteiger charge is -2.07. The number of aryl methyl sites for hydroxylation is 2. The fraction of sp³-hybridized carbons (Fsp3) is 0.545. The number of thioether (sulfide) groups is 1. The normalized spacial score (nSPS) is 12.9. The van der Waals surface area contributed by atoms with Gasteiger partial charge in [-0.15, -0.1) is 11.8 Å². The number of halogens is 1. The molecule has 0 aliphatic rings. The quantitative estimate of drug-likeness (QED) is 0.611. The van der Waals surface area contributed by atoms with Crippen LogP contribution in [0.3, 0.4) is 0 Å². The molecule has 0 N–H and O–H groups in total. The monoisotopic (exact) mass is 273 g/mol. The first-order valence-electron chi connectivity index (χ1n) is 4.76. The number of hydrogen-bond donors (Lipinski definition) is 0. The number of hydrogen-bond acceptors (Lipinski definition) is 2. The Morgan fingerprint density at radius 1 is 1.43 bits per heavy atom. The molecule has 0 aliphatic heterocycles. The summed E-state index contributed by atoms with van der Waals surface area (Å²) in [5.74, 6) is 1.82. The minimum atomic E-state index is 0.697. The lowest BCUT2D eigenvalue weighted by atomic mass is 10.2. The van der Waals surface area contributed by atoms with Crippen molar-refractivity contribution in [2.45, 2.75) is 25.8 Å². The lowest BCUT2D eigenvalue weighted by Crippen LogP contribution is -1.99. The van der Waals surface area contributed by atoms with Crippen LogP contribution in [0.4, 0.5) is 0 Å². The van der Waals surface area contributed by atoms with Crippen LogP contribution in [0.5, 0.6) is 0 Å². The Hall–Kier alpha value is -0.0200. The molecule has 0 saturated heterocycles. The molecular formula is C11H16BrNS. The SMILES string of the molecule is Cc1cc(C)nc(SCC(C)CBr)c1. The van der Waals surface area contributed by atoms with Crippen LogP contribution < -0.4 is 0 Å². The van der Waals surface area contributed by atoms with Crippen LogP contribution in [-0.2, 0) is 0 Å². The Labute approximate surface area is 98.8 Å². The number of alkyl halides is 1. The summed E-state index contributed by atoms with van der Waals surface area (Å²) in [6.07, 6.45) is 0. The van der Waals surface area contributed by atoms with Gasteiger partial charge in [0.1, 0.15) is 0 Å². The average Bonchev–Trinajstić information content (AvgIpc) is 2.12. The van der Waals surface area contributed by atoms with E-state index in [2.05, 4.69) is 46.9 Å². The molecule has 78 valence electrons. The van der Waals surface area contributed by atoms with Crippen molar-refractivity contribution in [2.24, 2.45) is 5.92 Å². The first-order chi connectivity index (χ1) is 6.61. The Morgan fingerprint density at radius 2 is 2.14 bits per heavy atom. The third kappa shape index (κ3) is 4.01. The lowest BCUT2D eigenvalue weighted by molar-refractivity contribution is 0.769. The number of pyridine rings is 1. The van der Waals surface area contributed by atoms with Crippen LogP contribution in [0.2, 0.25) is 0 Å². The van der Waals surface area contributed by atoms with E-state index in [-0.39, 0.29) is 0 Å². The molecule has 1 aromatic rings. The Bertz CT molecular complexity index is 281. The zero-order chi connectivity index (χ0) is 10.6. The largest absolute Gasteiger partial charge is 0.247 e. The van der Waals surface area contributed by atoms with Crippen molar-refractivity contribution in [2.75, 3.05) is 11.1 Å². The van der Waals surface area contributed by atoms with Crippen molar-refractivity contribution in [1.29, 1.82) is 0 Å². The highest BCUT2D eigenvalue weighted by atomic mass is 79.9. The van der Waals surface area contributed by atoms with Gasteiger partial charge in [-0.1, -0.05) is 22.9 Å². The highest BCUT2D eigenvalue weighted by Gasteiger charge is 2.03. The van der Waals surface area contributed by atoms with E-state index >= 15 is 0 Å². The van der Waals surface area contributed by atoms with Crippen molar-refractivity contribution in [3.63, 3.8) is 0 Å². The Morgan fingerprint density at radius 3 is 2.71 bits per heavy atom. The maximum Gasteiger partial charge on any atom is 0.0965 e. The summed E-state index contributed by atoms with van der Waals surface area (Å²) >= 11 is 5.32. The second-order valence-electron chi connectivity index (χ2n) is 3.69. The second-order valence-corrected chi connectivity index (χ2v) is 5.38. The summed E-state index contributed by atoms with van der Waals surface area (Å²) < 4.78 is 0. The van der Waals surface area contributed by atoms with Crippen LogP contribution >= 0.6 is 27.7 Å². The predicted octanol–water partition coefficient (Wildman–Crippen LogP) is 3.82. The van der Waals surface area contributed by atoms with Gasteiger partial charge in [-0.25, -0.2) is 4.98 Å². The van der Waals surface area contributed by atoms with E-state index in [9.17, 15) is 0 Å². The fourth-order valence-electron chi connectivity index (χ4n) is 1.15. The van der Waals surface area contributed by atoms with E-state index in [0.29, 0.717) is 5.92 Å².